The highest BCUT2D eigenvalue weighted by atomic mass is 35.5. The Labute approximate surface area is 81.1 Å². The number of hydrogen-bond donors (Lipinski definition) is 1. The predicted molar refractivity (Wildman–Crippen MR) is 48.1 cm³/mol. The van der Waals surface area contributed by atoms with Gasteiger partial charge in [-0.2, -0.15) is 0 Å². The average molecular weight is 206 g/mol. The maximum atomic E-state index is 12.5. The van der Waals surface area contributed by atoms with Crippen LogP contribution in [-0.4, -0.2) is 12.7 Å². The van der Waals surface area contributed by atoms with Crippen LogP contribution in [0, 0.1) is 5.82 Å². The highest BCUT2D eigenvalue weighted by molar-refractivity contribution is 5.89. The lowest BCUT2D eigenvalue weighted by Gasteiger charge is -2.00. The number of esters is 1. The van der Waals surface area contributed by atoms with E-state index >= 15 is 0 Å². The zero-order valence-corrected chi connectivity index (χ0v) is 7.51. The van der Waals surface area contributed by atoms with Gasteiger partial charge in [-0.05, 0) is 18.2 Å². The Balaban J connectivity index is 0.00000144. The molecule has 1 aromatic rings. The lowest BCUT2D eigenvalue weighted by Crippen LogP contribution is -2.12. The Hall–Kier alpha value is -1.13. The Bertz CT molecular complexity index is 293. The fourth-order valence-corrected chi connectivity index (χ4v) is 0.774. The average Bonchev–Trinajstić information content (AvgIpc) is 2.05. The smallest absolute Gasteiger partial charge is 0.339 e. The van der Waals surface area contributed by atoms with Crippen molar-refractivity contribution in [1.29, 1.82) is 0 Å². The van der Waals surface area contributed by atoms with E-state index in [4.69, 9.17) is 5.73 Å². The second-order valence-corrected chi connectivity index (χ2v) is 2.11. The molecule has 0 atom stereocenters. The van der Waals surface area contributed by atoms with Gasteiger partial charge in [-0.15, -0.1) is 12.4 Å². The zero-order chi connectivity index (χ0) is 8.97. The van der Waals surface area contributed by atoms with Crippen molar-refractivity contribution in [3.05, 3.63) is 35.6 Å². The lowest BCUT2D eigenvalue weighted by molar-refractivity contribution is 0.0515. The summed E-state index contributed by atoms with van der Waals surface area (Å²) in [6.45, 7) is -0.199. The van der Waals surface area contributed by atoms with Crippen LogP contribution in [0.25, 0.3) is 0 Å². The van der Waals surface area contributed by atoms with E-state index in [1.54, 1.807) is 0 Å². The van der Waals surface area contributed by atoms with Crippen LogP contribution in [0.15, 0.2) is 24.3 Å². The fraction of sp³-hybridized carbons (Fsp3) is 0.125. The molecule has 72 valence electrons. The van der Waals surface area contributed by atoms with Gasteiger partial charge in [0.05, 0.1) is 5.56 Å². The third kappa shape index (κ3) is 3.40. The summed E-state index contributed by atoms with van der Waals surface area (Å²) >= 11 is 0. The molecular weight excluding hydrogens is 197 g/mol. The summed E-state index contributed by atoms with van der Waals surface area (Å²) in [6.07, 6.45) is 0. The van der Waals surface area contributed by atoms with Crippen molar-refractivity contribution >= 4 is 18.4 Å². The number of hydrogen-bond acceptors (Lipinski definition) is 3. The Kier molecular flexibility index (Phi) is 5.03. The van der Waals surface area contributed by atoms with Gasteiger partial charge >= 0.3 is 5.97 Å². The lowest BCUT2D eigenvalue weighted by atomic mass is 10.2. The summed E-state index contributed by atoms with van der Waals surface area (Å²) in [6, 6.07) is 5.24. The van der Waals surface area contributed by atoms with Crippen LogP contribution in [-0.2, 0) is 4.74 Å². The quantitative estimate of drug-likeness (QED) is 0.585. The van der Waals surface area contributed by atoms with Crippen molar-refractivity contribution in [3.63, 3.8) is 0 Å². The zero-order valence-electron chi connectivity index (χ0n) is 6.70. The van der Waals surface area contributed by atoms with Crippen LogP contribution < -0.4 is 5.73 Å². The van der Waals surface area contributed by atoms with E-state index in [1.165, 1.54) is 18.2 Å². The number of rotatable bonds is 2. The van der Waals surface area contributed by atoms with E-state index in [-0.39, 0.29) is 24.7 Å². The molecule has 0 fully saturated rings. The van der Waals surface area contributed by atoms with Gasteiger partial charge < -0.3 is 4.74 Å². The minimum atomic E-state index is -0.614. The van der Waals surface area contributed by atoms with Crippen molar-refractivity contribution in [2.75, 3.05) is 6.73 Å². The van der Waals surface area contributed by atoms with E-state index in [9.17, 15) is 9.18 Å². The second-order valence-electron chi connectivity index (χ2n) is 2.11. The Morgan fingerprint density at radius 1 is 1.54 bits per heavy atom. The Morgan fingerprint density at radius 3 is 2.77 bits per heavy atom. The van der Waals surface area contributed by atoms with Crippen molar-refractivity contribution in [3.8, 4) is 0 Å². The standard InChI is InChI=1S/C8H8FNO2.ClH/c9-7-3-1-2-6(4-7)8(11)12-5-10;/h1-4H,5,10H2;1H. The molecule has 0 spiro atoms. The van der Waals surface area contributed by atoms with Gasteiger partial charge in [0.25, 0.3) is 0 Å². The summed E-state index contributed by atoms with van der Waals surface area (Å²) in [5.74, 6) is -1.08. The normalized spacial score (nSPS) is 8.77. The molecule has 0 aliphatic heterocycles. The predicted octanol–water partition coefficient (Wildman–Crippen LogP) is 1.32. The molecule has 3 nitrogen and oxygen atoms in total. The first-order chi connectivity index (χ1) is 5.74. The van der Waals surface area contributed by atoms with E-state index in [0.29, 0.717) is 0 Å². The molecule has 13 heavy (non-hydrogen) atoms. The third-order valence-corrected chi connectivity index (χ3v) is 1.27. The molecule has 2 N–H and O–H groups in total. The highest BCUT2D eigenvalue weighted by Gasteiger charge is 2.05. The molecule has 1 aromatic carbocycles. The van der Waals surface area contributed by atoms with Crippen molar-refractivity contribution in [2.45, 2.75) is 0 Å². The van der Waals surface area contributed by atoms with Crippen molar-refractivity contribution < 1.29 is 13.9 Å². The molecule has 0 saturated carbocycles. The monoisotopic (exact) mass is 205 g/mol. The maximum Gasteiger partial charge on any atom is 0.339 e. The summed E-state index contributed by atoms with van der Waals surface area (Å²) in [7, 11) is 0. The minimum absolute atomic E-state index is 0. The van der Waals surface area contributed by atoms with Crippen LogP contribution >= 0.6 is 12.4 Å². The number of nitrogens with two attached hydrogens (primary N) is 1. The first-order valence-corrected chi connectivity index (χ1v) is 3.37. The molecule has 0 aliphatic carbocycles. The minimum Gasteiger partial charge on any atom is -0.446 e. The summed E-state index contributed by atoms with van der Waals surface area (Å²) in [4.78, 5) is 10.9. The summed E-state index contributed by atoms with van der Waals surface area (Å²) in [5.41, 5.74) is 5.14. The van der Waals surface area contributed by atoms with Crippen LogP contribution in [0.4, 0.5) is 4.39 Å². The fourth-order valence-electron chi connectivity index (χ4n) is 0.774. The van der Waals surface area contributed by atoms with Gasteiger partial charge in [0, 0.05) is 0 Å². The van der Waals surface area contributed by atoms with Gasteiger partial charge in [-0.1, -0.05) is 6.07 Å². The number of carbonyl (C=O) groups excluding carboxylic acids is 1. The molecule has 0 unspecified atom stereocenters. The number of benzene rings is 1. The molecule has 0 bridgehead atoms. The molecule has 0 aliphatic rings. The number of ether oxygens (including phenoxy) is 1. The molecule has 5 heteroatoms. The first-order valence-electron chi connectivity index (χ1n) is 3.37. The van der Waals surface area contributed by atoms with Crippen LogP contribution in [0.3, 0.4) is 0 Å². The topological polar surface area (TPSA) is 52.3 Å². The van der Waals surface area contributed by atoms with Crippen LogP contribution in [0.5, 0.6) is 0 Å². The molecule has 0 saturated heterocycles. The number of carbonyl (C=O) groups is 1. The maximum absolute atomic E-state index is 12.5. The van der Waals surface area contributed by atoms with Gasteiger partial charge in [0.2, 0.25) is 0 Å². The first kappa shape index (κ1) is 11.9. The highest BCUT2D eigenvalue weighted by Crippen LogP contribution is 2.04. The van der Waals surface area contributed by atoms with E-state index in [1.807, 2.05) is 0 Å². The van der Waals surface area contributed by atoms with Crippen molar-refractivity contribution in [1.82, 2.24) is 0 Å². The largest absolute Gasteiger partial charge is 0.446 e. The molecule has 1 rings (SSSR count). The summed E-state index contributed by atoms with van der Waals surface area (Å²) < 4.78 is 17.0. The Morgan fingerprint density at radius 2 is 2.23 bits per heavy atom. The molecule has 0 amide bonds. The van der Waals surface area contributed by atoms with Gasteiger partial charge in [0.15, 0.2) is 0 Å². The van der Waals surface area contributed by atoms with E-state index in [0.717, 1.165) is 6.07 Å². The summed E-state index contributed by atoms with van der Waals surface area (Å²) in [5, 5.41) is 0. The SMILES string of the molecule is Cl.NCOC(=O)c1cccc(F)c1. The molecule has 0 heterocycles. The van der Waals surface area contributed by atoms with Gasteiger partial charge in [0.1, 0.15) is 12.5 Å². The van der Waals surface area contributed by atoms with Crippen molar-refractivity contribution in [2.24, 2.45) is 5.73 Å². The van der Waals surface area contributed by atoms with E-state index in [2.05, 4.69) is 4.74 Å². The van der Waals surface area contributed by atoms with Gasteiger partial charge in [-0.25, -0.2) is 9.18 Å². The second kappa shape index (κ2) is 5.50. The third-order valence-electron chi connectivity index (χ3n) is 1.27. The number of halogens is 2. The molecule has 0 aromatic heterocycles. The molecule has 0 radical (unpaired) electrons. The van der Waals surface area contributed by atoms with Gasteiger partial charge in [-0.3, -0.25) is 5.73 Å². The van der Waals surface area contributed by atoms with Crippen LogP contribution in [0.1, 0.15) is 10.4 Å². The van der Waals surface area contributed by atoms with Crippen LogP contribution in [0.2, 0.25) is 0 Å². The molecular formula is C8H9ClFNO2. The van der Waals surface area contributed by atoms with E-state index < -0.39 is 11.8 Å².